The molecular weight excluding hydrogens is 136 g/mol. The molecule has 0 amide bonds. The number of hydrogen-bond donors (Lipinski definition) is 1. The van der Waals surface area contributed by atoms with Gasteiger partial charge in [0.1, 0.15) is 0 Å². The van der Waals surface area contributed by atoms with Gasteiger partial charge in [0.2, 0.25) is 0 Å². The zero-order chi connectivity index (χ0) is 8.69. The van der Waals surface area contributed by atoms with Crippen LogP contribution in [0.1, 0.15) is 26.2 Å². The summed E-state index contributed by atoms with van der Waals surface area (Å²) in [5.41, 5.74) is 4.50. The van der Waals surface area contributed by atoms with Crippen molar-refractivity contribution in [3.8, 4) is 0 Å². The molecule has 0 aromatic carbocycles. The summed E-state index contributed by atoms with van der Waals surface area (Å²) in [6.07, 6.45) is 4.23. The molecule has 0 aromatic rings. The van der Waals surface area contributed by atoms with Crippen LogP contribution in [0.4, 0.5) is 0 Å². The number of nitrogens with zero attached hydrogens (tertiary/aromatic N) is 1. The first-order valence-corrected chi connectivity index (χ1v) is 4.55. The first kappa shape index (κ1) is 10.9. The average Bonchev–Trinajstić information content (AvgIpc) is 2.20. The lowest BCUT2D eigenvalue weighted by atomic mass is 10.0. The normalized spacial score (nSPS) is 26.7. The van der Waals surface area contributed by atoms with Gasteiger partial charge in [-0.15, -0.1) is 0 Å². The summed E-state index contributed by atoms with van der Waals surface area (Å²) in [6, 6.07) is 0. The first-order chi connectivity index (χ1) is 5.29. The van der Waals surface area contributed by atoms with Crippen LogP contribution in [-0.2, 0) is 0 Å². The third-order valence-corrected chi connectivity index (χ3v) is 2.24. The van der Waals surface area contributed by atoms with E-state index in [-0.39, 0.29) is 0 Å². The fourth-order valence-corrected chi connectivity index (χ4v) is 1.41. The molecule has 0 aromatic heterocycles. The second-order valence-electron chi connectivity index (χ2n) is 3.34. The topological polar surface area (TPSA) is 29.3 Å². The molecular formula is C9H22N2. The van der Waals surface area contributed by atoms with Gasteiger partial charge in [-0.1, -0.05) is 6.92 Å². The number of likely N-dealkylation sites (tertiary alicyclic amines) is 1. The van der Waals surface area contributed by atoms with Crippen LogP contribution in [-0.4, -0.2) is 32.1 Å². The minimum absolute atomic E-state index is 0.968. The Morgan fingerprint density at radius 2 is 1.82 bits per heavy atom. The maximum atomic E-state index is 4.50. The molecule has 1 heterocycles. The summed E-state index contributed by atoms with van der Waals surface area (Å²) in [5, 5.41) is 0. The predicted octanol–water partition coefficient (Wildman–Crippen LogP) is 1.31. The van der Waals surface area contributed by atoms with E-state index in [0.717, 1.165) is 5.92 Å². The Hall–Kier alpha value is -0.0800. The molecule has 1 rings (SSSR count). The molecule has 1 aliphatic rings. The Kier molecular flexibility index (Phi) is 6.57. The van der Waals surface area contributed by atoms with E-state index >= 15 is 0 Å². The molecule has 2 heteroatoms. The smallest absolute Gasteiger partial charge is 0.00192 e. The van der Waals surface area contributed by atoms with Crippen LogP contribution in [0.2, 0.25) is 0 Å². The maximum absolute atomic E-state index is 4.50. The second-order valence-corrected chi connectivity index (χ2v) is 3.34. The van der Waals surface area contributed by atoms with E-state index in [2.05, 4.69) is 24.6 Å². The molecule has 1 atom stereocenters. The summed E-state index contributed by atoms with van der Waals surface area (Å²) in [6.45, 7) is 4.98. The maximum Gasteiger partial charge on any atom is -0.00192 e. The van der Waals surface area contributed by atoms with Crippen molar-refractivity contribution in [2.75, 3.05) is 27.2 Å². The summed E-state index contributed by atoms with van der Waals surface area (Å²) in [4.78, 5) is 2.43. The highest BCUT2D eigenvalue weighted by atomic mass is 15.1. The lowest BCUT2D eigenvalue weighted by Crippen LogP contribution is -2.18. The summed E-state index contributed by atoms with van der Waals surface area (Å²) >= 11 is 0. The van der Waals surface area contributed by atoms with Crippen LogP contribution in [0.25, 0.3) is 0 Å². The summed E-state index contributed by atoms with van der Waals surface area (Å²) in [5.74, 6) is 0.968. The van der Waals surface area contributed by atoms with Gasteiger partial charge in [0.25, 0.3) is 0 Å². The van der Waals surface area contributed by atoms with Crippen LogP contribution in [0.5, 0.6) is 0 Å². The largest absolute Gasteiger partial charge is 0.333 e. The van der Waals surface area contributed by atoms with Crippen molar-refractivity contribution in [2.24, 2.45) is 11.7 Å². The molecule has 1 aliphatic heterocycles. The Bertz CT molecular complexity index is 73.6. The predicted molar refractivity (Wildman–Crippen MR) is 50.6 cm³/mol. The number of nitrogens with two attached hydrogens (primary N) is 1. The minimum atomic E-state index is 0.968. The van der Waals surface area contributed by atoms with Gasteiger partial charge >= 0.3 is 0 Å². The average molecular weight is 158 g/mol. The Balaban J connectivity index is 0.000000461. The van der Waals surface area contributed by atoms with Crippen molar-refractivity contribution in [3.63, 3.8) is 0 Å². The van der Waals surface area contributed by atoms with Crippen LogP contribution in [0.15, 0.2) is 0 Å². The minimum Gasteiger partial charge on any atom is -0.333 e. The molecule has 68 valence electrons. The first-order valence-electron chi connectivity index (χ1n) is 4.55. The van der Waals surface area contributed by atoms with Gasteiger partial charge in [-0.2, -0.15) is 0 Å². The fourth-order valence-electron chi connectivity index (χ4n) is 1.41. The number of rotatable bonds is 0. The van der Waals surface area contributed by atoms with Crippen molar-refractivity contribution >= 4 is 0 Å². The van der Waals surface area contributed by atoms with E-state index in [1.165, 1.54) is 39.4 Å². The van der Waals surface area contributed by atoms with Gasteiger partial charge in [-0.25, -0.2) is 0 Å². The number of hydrogen-bond acceptors (Lipinski definition) is 2. The molecule has 1 saturated heterocycles. The molecule has 11 heavy (non-hydrogen) atoms. The fraction of sp³-hybridized carbons (Fsp3) is 1.00. The van der Waals surface area contributed by atoms with Crippen molar-refractivity contribution in [3.05, 3.63) is 0 Å². The molecule has 0 aliphatic carbocycles. The monoisotopic (exact) mass is 158 g/mol. The van der Waals surface area contributed by atoms with Gasteiger partial charge in [-0.3, -0.25) is 0 Å². The van der Waals surface area contributed by atoms with Crippen LogP contribution < -0.4 is 5.73 Å². The van der Waals surface area contributed by atoms with E-state index in [9.17, 15) is 0 Å². The van der Waals surface area contributed by atoms with Crippen molar-refractivity contribution < 1.29 is 0 Å². The Labute approximate surface area is 70.8 Å². The van der Waals surface area contributed by atoms with Crippen molar-refractivity contribution in [1.82, 2.24) is 4.90 Å². The van der Waals surface area contributed by atoms with E-state index in [4.69, 9.17) is 0 Å². The zero-order valence-corrected chi connectivity index (χ0v) is 8.14. The molecule has 2 nitrogen and oxygen atoms in total. The third kappa shape index (κ3) is 5.22. The van der Waals surface area contributed by atoms with E-state index in [0.29, 0.717) is 0 Å². The highest BCUT2D eigenvalue weighted by Crippen LogP contribution is 2.14. The van der Waals surface area contributed by atoms with E-state index < -0.39 is 0 Å². The van der Waals surface area contributed by atoms with Crippen molar-refractivity contribution in [2.45, 2.75) is 26.2 Å². The quantitative estimate of drug-likeness (QED) is 0.576. The van der Waals surface area contributed by atoms with Crippen LogP contribution in [0, 0.1) is 5.92 Å². The lowest BCUT2D eigenvalue weighted by Gasteiger charge is -2.11. The molecule has 2 N–H and O–H groups in total. The van der Waals surface area contributed by atoms with Gasteiger partial charge in [0, 0.05) is 0 Å². The molecule has 0 spiro atoms. The third-order valence-electron chi connectivity index (χ3n) is 2.24. The Morgan fingerprint density at radius 3 is 2.45 bits per heavy atom. The van der Waals surface area contributed by atoms with Gasteiger partial charge in [0.15, 0.2) is 0 Å². The molecule has 0 unspecified atom stereocenters. The van der Waals surface area contributed by atoms with Crippen LogP contribution in [0.3, 0.4) is 0 Å². The highest BCUT2D eigenvalue weighted by Gasteiger charge is 2.09. The molecule has 0 bridgehead atoms. The van der Waals surface area contributed by atoms with E-state index in [1.807, 2.05) is 0 Å². The second kappa shape index (κ2) is 6.62. The zero-order valence-electron chi connectivity index (χ0n) is 8.14. The summed E-state index contributed by atoms with van der Waals surface area (Å²) in [7, 11) is 3.72. The van der Waals surface area contributed by atoms with Gasteiger partial charge in [0.05, 0.1) is 0 Å². The molecule has 0 radical (unpaired) electrons. The van der Waals surface area contributed by atoms with E-state index in [1.54, 1.807) is 0 Å². The highest BCUT2D eigenvalue weighted by molar-refractivity contribution is 4.63. The standard InChI is InChI=1S/C8H17N.CH5N/c1-8-4-3-6-9(2)7-5-8;1-2/h8H,3-7H2,1-2H3;2H2,1H3/t8-;/m1./s1. The summed E-state index contributed by atoms with van der Waals surface area (Å²) < 4.78 is 0. The van der Waals surface area contributed by atoms with Gasteiger partial charge in [-0.05, 0) is 52.4 Å². The Morgan fingerprint density at radius 1 is 1.18 bits per heavy atom. The molecule has 0 saturated carbocycles. The lowest BCUT2D eigenvalue weighted by molar-refractivity contribution is 0.344. The van der Waals surface area contributed by atoms with Gasteiger partial charge < -0.3 is 10.6 Å². The molecule has 1 fully saturated rings. The van der Waals surface area contributed by atoms with Crippen molar-refractivity contribution in [1.29, 1.82) is 0 Å². The SMILES string of the molecule is CN.C[C@@H]1CCCN(C)CC1. The van der Waals surface area contributed by atoms with Crippen LogP contribution >= 0.6 is 0 Å².